The van der Waals surface area contributed by atoms with Gasteiger partial charge in [0.1, 0.15) is 5.82 Å². The van der Waals surface area contributed by atoms with Crippen LogP contribution in [0, 0.1) is 13.8 Å². The molecule has 0 amide bonds. The van der Waals surface area contributed by atoms with Gasteiger partial charge in [0.25, 0.3) is 0 Å². The molecule has 112 valence electrons. The van der Waals surface area contributed by atoms with Gasteiger partial charge in [0.05, 0.1) is 17.0 Å². The lowest BCUT2D eigenvalue weighted by Crippen LogP contribution is -2.35. The molecule has 0 aliphatic carbocycles. The molecule has 2 heterocycles. The molecule has 2 N–H and O–H groups in total. The van der Waals surface area contributed by atoms with Crippen LogP contribution in [-0.2, 0) is 22.5 Å². The molecule has 0 aliphatic rings. The summed E-state index contributed by atoms with van der Waals surface area (Å²) in [4.78, 5) is 16.3. The summed E-state index contributed by atoms with van der Waals surface area (Å²) in [7, 11) is 0. The van der Waals surface area contributed by atoms with Gasteiger partial charge in [-0.2, -0.15) is 4.57 Å². The molecule has 5 nitrogen and oxygen atoms in total. The van der Waals surface area contributed by atoms with Gasteiger partial charge in [-0.05, 0) is 19.1 Å². The first-order valence-corrected chi connectivity index (χ1v) is 7.67. The second kappa shape index (κ2) is 6.67. The van der Waals surface area contributed by atoms with Crippen molar-refractivity contribution in [3.8, 4) is 0 Å². The fourth-order valence-electron chi connectivity index (χ4n) is 2.06. The Morgan fingerprint density at radius 3 is 2.86 bits per heavy atom. The number of aryl methyl sites for hydroxylation is 1. The third kappa shape index (κ3) is 4.01. The van der Waals surface area contributed by atoms with E-state index in [2.05, 4.69) is 22.0 Å². The third-order valence-electron chi connectivity index (χ3n) is 3.28. The van der Waals surface area contributed by atoms with E-state index in [0.29, 0.717) is 19.0 Å². The average molecular weight is 306 g/mol. The van der Waals surface area contributed by atoms with Crippen LogP contribution in [0.2, 0.25) is 0 Å². The molecule has 21 heavy (non-hydrogen) atoms. The van der Waals surface area contributed by atoms with Gasteiger partial charge in [-0.25, -0.2) is 4.98 Å². The van der Waals surface area contributed by atoms with Gasteiger partial charge < -0.3 is 10.5 Å². The smallest absolute Gasteiger partial charge is 0.302 e. The van der Waals surface area contributed by atoms with Crippen LogP contribution in [0.1, 0.15) is 28.8 Å². The summed E-state index contributed by atoms with van der Waals surface area (Å²) in [5.74, 6) is 0.338. The van der Waals surface area contributed by atoms with E-state index in [1.54, 1.807) is 11.3 Å². The number of hydrogen-bond donors (Lipinski definition) is 1. The lowest BCUT2D eigenvalue weighted by atomic mass is 10.2. The van der Waals surface area contributed by atoms with Crippen molar-refractivity contribution in [2.45, 2.75) is 33.7 Å². The number of ether oxygens (including phenoxy) is 1. The van der Waals surface area contributed by atoms with E-state index in [1.165, 1.54) is 17.5 Å². The number of nitrogens with two attached hydrogens (primary N) is 1. The highest BCUT2D eigenvalue weighted by molar-refractivity contribution is 7.09. The van der Waals surface area contributed by atoms with Gasteiger partial charge in [-0.3, -0.25) is 4.79 Å². The molecule has 0 saturated carbocycles. The van der Waals surface area contributed by atoms with E-state index in [-0.39, 0.29) is 5.97 Å². The molecule has 2 rings (SSSR count). The van der Waals surface area contributed by atoms with Crippen LogP contribution in [0.5, 0.6) is 0 Å². The zero-order valence-electron chi connectivity index (χ0n) is 12.5. The van der Waals surface area contributed by atoms with Crippen LogP contribution >= 0.6 is 11.3 Å². The predicted octanol–water partition coefficient (Wildman–Crippen LogP) is 1.78. The fraction of sp³-hybridized carbons (Fsp3) is 0.400. The minimum absolute atomic E-state index is 0.240. The lowest BCUT2D eigenvalue weighted by molar-refractivity contribution is -0.689. The van der Waals surface area contributed by atoms with Crippen molar-refractivity contribution >= 4 is 23.1 Å². The molecule has 0 aromatic carbocycles. The Balaban J connectivity index is 2.07. The normalized spacial score (nSPS) is 10.6. The van der Waals surface area contributed by atoms with Crippen molar-refractivity contribution in [3.05, 3.63) is 39.5 Å². The van der Waals surface area contributed by atoms with Crippen LogP contribution in [0.15, 0.2) is 17.6 Å². The van der Waals surface area contributed by atoms with Crippen molar-refractivity contribution in [1.82, 2.24) is 4.98 Å². The summed E-state index contributed by atoms with van der Waals surface area (Å²) in [6.07, 6.45) is 0.741. The molecule has 0 saturated heterocycles. The van der Waals surface area contributed by atoms with E-state index >= 15 is 0 Å². The number of nitrogen functional groups attached to an aromatic ring is 1. The number of nitrogens with zero attached hydrogens (tertiary/aromatic N) is 2. The maximum atomic E-state index is 10.8. The van der Waals surface area contributed by atoms with Crippen molar-refractivity contribution in [2.75, 3.05) is 12.3 Å². The molecule has 0 spiro atoms. The van der Waals surface area contributed by atoms with Gasteiger partial charge in [0.2, 0.25) is 5.51 Å². The van der Waals surface area contributed by atoms with Crippen molar-refractivity contribution in [1.29, 1.82) is 0 Å². The largest absolute Gasteiger partial charge is 0.465 e. The number of anilines is 1. The van der Waals surface area contributed by atoms with Crippen molar-refractivity contribution in [2.24, 2.45) is 0 Å². The monoisotopic (exact) mass is 306 g/mol. The molecule has 0 atom stereocenters. The molecule has 0 unspecified atom stereocenters. The third-order valence-corrected chi connectivity index (χ3v) is 4.43. The van der Waals surface area contributed by atoms with Gasteiger partial charge in [-0.1, -0.05) is 11.3 Å². The Kier molecular flexibility index (Phi) is 4.90. The standard InChI is InChI=1S/C15H20N3O2S/c1-10-4-5-13(15(16)17-10)8-18-9-21-14(11(18)2)6-7-20-12(3)19/h4-5,9H,6-8H2,1-3H3,(H2,16,17)/q+1. The Morgan fingerprint density at radius 2 is 2.19 bits per heavy atom. The number of carbonyl (C=O) groups excluding carboxylic acids is 1. The number of hydrogen-bond acceptors (Lipinski definition) is 5. The van der Waals surface area contributed by atoms with E-state index in [0.717, 1.165) is 17.7 Å². The number of aromatic nitrogens is 2. The molecular formula is C15H20N3O2S+. The number of esters is 1. The van der Waals surface area contributed by atoms with Gasteiger partial charge >= 0.3 is 5.97 Å². The Morgan fingerprint density at radius 1 is 1.43 bits per heavy atom. The molecule has 2 aromatic rings. The molecule has 0 aliphatic heterocycles. The molecule has 2 aromatic heterocycles. The van der Waals surface area contributed by atoms with Gasteiger partial charge in [-0.15, -0.1) is 0 Å². The van der Waals surface area contributed by atoms with Crippen molar-refractivity contribution in [3.63, 3.8) is 0 Å². The zero-order chi connectivity index (χ0) is 15.4. The summed E-state index contributed by atoms with van der Waals surface area (Å²) in [5, 5.41) is 0. The maximum Gasteiger partial charge on any atom is 0.302 e. The Hall–Kier alpha value is -1.95. The number of carbonyl (C=O) groups is 1. The predicted molar refractivity (Wildman–Crippen MR) is 82.1 cm³/mol. The zero-order valence-corrected chi connectivity index (χ0v) is 13.4. The molecule has 0 bridgehead atoms. The first-order chi connectivity index (χ1) is 9.97. The summed E-state index contributed by atoms with van der Waals surface area (Å²) in [5.41, 5.74) is 11.1. The SMILES string of the molecule is CC(=O)OCCc1sc[n+](Cc2ccc(C)nc2N)c1C. The molecule has 6 heteroatoms. The summed E-state index contributed by atoms with van der Waals surface area (Å²) < 4.78 is 7.14. The van der Waals surface area contributed by atoms with Crippen molar-refractivity contribution < 1.29 is 14.1 Å². The lowest BCUT2D eigenvalue weighted by Gasteiger charge is -2.03. The summed E-state index contributed by atoms with van der Waals surface area (Å²) in [6, 6.07) is 3.98. The van der Waals surface area contributed by atoms with Crippen LogP contribution in [0.25, 0.3) is 0 Å². The first kappa shape index (κ1) is 15.4. The Bertz CT molecular complexity index is 652. The highest BCUT2D eigenvalue weighted by atomic mass is 32.1. The quantitative estimate of drug-likeness (QED) is 0.675. The van der Waals surface area contributed by atoms with Crippen LogP contribution in [-0.4, -0.2) is 17.6 Å². The maximum absolute atomic E-state index is 10.8. The second-order valence-corrected chi connectivity index (χ2v) is 5.89. The minimum Gasteiger partial charge on any atom is -0.465 e. The first-order valence-electron chi connectivity index (χ1n) is 6.79. The highest BCUT2D eigenvalue weighted by Crippen LogP contribution is 2.14. The second-order valence-electron chi connectivity index (χ2n) is 4.95. The topological polar surface area (TPSA) is 69.1 Å². The highest BCUT2D eigenvalue weighted by Gasteiger charge is 2.17. The van der Waals surface area contributed by atoms with Crippen LogP contribution < -0.4 is 10.3 Å². The number of thiazole rings is 1. The fourth-order valence-corrected chi connectivity index (χ4v) is 3.03. The Labute approximate surface area is 128 Å². The summed E-state index contributed by atoms with van der Waals surface area (Å²) in [6.45, 7) is 6.54. The van der Waals surface area contributed by atoms with Crippen LogP contribution in [0.4, 0.5) is 5.82 Å². The number of rotatable bonds is 5. The molecule has 0 radical (unpaired) electrons. The number of pyridine rings is 1. The van der Waals surface area contributed by atoms with E-state index in [4.69, 9.17) is 10.5 Å². The average Bonchev–Trinajstić information content (AvgIpc) is 2.74. The molecule has 0 fully saturated rings. The van der Waals surface area contributed by atoms with Gasteiger partial charge in [0, 0.05) is 26.0 Å². The van der Waals surface area contributed by atoms with Crippen LogP contribution in [0.3, 0.4) is 0 Å². The van der Waals surface area contributed by atoms with E-state index < -0.39 is 0 Å². The molecular weight excluding hydrogens is 286 g/mol. The summed E-state index contributed by atoms with van der Waals surface area (Å²) >= 11 is 1.67. The minimum atomic E-state index is -0.240. The van der Waals surface area contributed by atoms with Gasteiger partial charge in [0.15, 0.2) is 12.2 Å². The van der Waals surface area contributed by atoms with E-state index in [9.17, 15) is 4.79 Å². The van der Waals surface area contributed by atoms with E-state index in [1.807, 2.05) is 19.1 Å².